The second-order valence-corrected chi connectivity index (χ2v) is 9.10. The van der Waals surface area contributed by atoms with E-state index in [-0.39, 0.29) is 38.6 Å². The lowest BCUT2D eigenvalue weighted by molar-refractivity contribution is -0.113. The molecule has 0 radical (unpaired) electrons. The molecule has 1 saturated heterocycles. The molecule has 4 rings (SSSR count). The Morgan fingerprint density at radius 3 is 2.67 bits per heavy atom. The van der Waals surface area contributed by atoms with Crippen molar-refractivity contribution in [3.05, 3.63) is 58.4 Å². The summed E-state index contributed by atoms with van der Waals surface area (Å²) in [7, 11) is -4.05. The number of carbonyl (C=O) groups is 1. The molecule has 0 unspecified atom stereocenters. The molecule has 7 nitrogen and oxygen atoms in total. The Balaban J connectivity index is 1.57. The van der Waals surface area contributed by atoms with Gasteiger partial charge in [0.2, 0.25) is 10.0 Å². The van der Waals surface area contributed by atoms with Crippen LogP contribution in [0.1, 0.15) is 5.56 Å². The van der Waals surface area contributed by atoms with Crippen molar-refractivity contribution in [2.75, 3.05) is 38.2 Å². The number of sulfonamides is 1. The lowest BCUT2D eigenvalue weighted by Gasteiger charge is -2.26. The van der Waals surface area contributed by atoms with Gasteiger partial charge in [-0.1, -0.05) is 11.6 Å². The van der Waals surface area contributed by atoms with Crippen LogP contribution in [-0.2, 0) is 19.6 Å². The molecule has 0 aromatic heterocycles. The number of benzene rings is 2. The third kappa shape index (κ3) is 4.20. The first-order valence-corrected chi connectivity index (χ1v) is 11.0. The van der Waals surface area contributed by atoms with Crippen molar-refractivity contribution >= 4 is 39.3 Å². The van der Waals surface area contributed by atoms with Crippen molar-refractivity contribution in [2.45, 2.75) is 4.90 Å². The summed E-state index contributed by atoms with van der Waals surface area (Å²) in [5.74, 6) is -0.762. The van der Waals surface area contributed by atoms with Gasteiger partial charge in [-0.2, -0.15) is 4.31 Å². The van der Waals surface area contributed by atoms with Crippen LogP contribution >= 0.6 is 11.6 Å². The first-order valence-electron chi connectivity index (χ1n) is 9.16. The number of nitrogens with zero attached hydrogens (tertiary/aromatic N) is 1. The summed E-state index contributed by atoms with van der Waals surface area (Å²) in [5.41, 5.74) is 1.14. The molecule has 0 spiro atoms. The highest BCUT2D eigenvalue weighted by Gasteiger charge is 2.29. The average Bonchev–Trinajstić information content (AvgIpc) is 2.75. The van der Waals surface area contributed by atoms with Crippen LogP contribution in [-0.4, -0.2) is 51.5 Å². The van der Waals surface area contributed by atoms with Crippen LogP contribution in [0.5, 0.6) is 5.75 Å². The van der Waals surface area contributed by atoms with Gasteiger partial charge in [-0.25, -0.2) is 12.8 Å². The van der Waals surface area contributed by atoms with E-state index in [0.717, 1.165) is 12.1 Å². The van der Waals surface area contributed by atoms with E-state index >= 15 is 0 Å². The third-order valence-electron chi connectivity index (χ3n) is 4.75. The summed E-state index contributed by atoms with van der Waals surface area (Å²) in [6.45, 7) is 0.823. The van der Waals surface area contributed by atoms with Crippen molar-refractivity contribution in [1.82, 2.24) is 4.31 Å². The van der Waals surface area contributed by atoms with Crippen LogP contribution in [0.15, 0.2) is 46.9 Å². The fraction of sp³-hybridized carbons (Fsp3) is 0.250. The van der Waals surface area contributed by atoms with Crippen LogP contribution in [0, 0.1) is 5.82 Å². The molecule has 158 valence electrons. The summed E-state index contributed by atoms with van der Waals surface area (Å²) >= 11 is 5.98. The molecule has 1 amide bonds. The predicted octanol–water partition coefficient (Wildman–Crippen LogP) is 2.91. The van der Waals surface area contributed by atoms with E-state index in [1.165, 1.54) is 10.4 Å². The number of hydrogen-bond acceptors (Lipinski definition) is 5. The first-order chi connectivity index (χ1) is 14.3. The van der Waals surface area contributed by atoms with Gasteiger partial charge in [0.05, 0.1) is 18.8 Å². The van der Waals surface area contributed by atoms with Crippen molar-refractivity contribution < 1.29 is 27.1 Å². The predicted molar refractivity (Wildman–Crippen MR) is 110 cm³/mol. The van der Waals surface area contributed by atoms with Gasteiger partial charge >= 0.3 is 0 Å². The molecular weight excluding hydrogens is 435 g/mol. The smallest absolute Gasteiger partial charge is 0.255 e. The van der Waals surface area contributed by atoms with Crippen LogP contribution in [0.25, 0.3) is 6.08 Å². The number of halogens is 2. The lowest BCUT2D eigenvalue weighted by atomic mass is 10.1. The number of nitrogens with one attached hydrogen (secondary N) is 1. The molecule has 1 fully saturated rings. The van der Waals surface area contributed by atoms with Gasteiger partial charge in [-0.05, 0) is 42.5 Å². The maximum absolute atomic E-state index is 14.3. The van der Waals surface area contributed by atoms with E-state index in [2.05, 4.69) is 5.32 Å². The zero-order chi connectivity index (χ0) is 21.3. The zero-order valence-corrected chi connectivity index (χ0v) is 17.3. The van der Waals surface area contributed by atoms with E-state index in [9.17, 15) is 17.6 Å². The van der Waals surface area contributed by atoms with E-state index in [4.69, 9.17) is 21.1 Å². The van der Waals surface area contributed by atoms with Crippen LogP contribution < -0.4 is 10.1 Å². The lowest BCUT2D eigenvalue weighted by Crippen LogP contribution is -2.40. The molecule has 1 N–H and O–H groups in total. The van der Waals surface area contributed by atoms with E-state index in [0.29, 0.717) is 21.9 Å². The molecule has 2 aliphatic rings. The number of amides is 1. The first kappa shape index (κ1) is 20.8. The minimum Gasteiger partial charge on any atom is -0.488 e. The van der Waals surface area contributed by atoms with Crippen molar-refractivity contribution in [1.29, 1.82) is 0 Å². The summed E-state index contributed by atoms with van der Waals surface area (Å²) < 4.78 is 51.8. The minimum absolute atomic E-state index is 0.0423. The third-order valence-corrected chi connectivity index (χ3v) is 6.90. The zero-order valence-electron chi connectivity index (χ0n) is 15.7. The van der Waals surface area contributed by atoms with Gasteiger partial charge < -0.3 is 14.8 Å². The monoisotopic (exact) mass is 452 g/mol. The summed E-state index contributed by atoms with van der Waals surface area (Å²) in [4.78, 5) is 12.2. The molecule has 30 heavy (non-hydrogen) atoms. The maximum atomic E-state index is 14.3. The van der Waals surface area contributed by atoms with Crippen LogP contribution in [0.2, 0.25) is 5.02 Å². The number of rotatable bonds is 4. The number of fused-ring (bicyclic) bond motifs is 1. The fourth-order valence-corrected chi connectivity index (χ4v) is 4.87. The molecule has 0 atom stereocenters. The molecule has 2 aliphatic heterocycles. The van der Waals surface area contributed by atoms with Crippen molar-refractivity contribution in [3.63, 3.8) is 0 Å². The maximum Gasteiger partial charge on any atom is 0.255 e. The normalized spacial score (nSPS) is 16.9. The SMILES string of the molecule is O=C(Nc1ccc(F)c(S(=O)(=O)N2CCOCC2)c1)C1=Cc2cc(Cl)ccc2OC1. The Kier molecular flexibility index (Phi) is 5.79. The highest BCUT2D eigenvalue weighted by atomic mass is 35.5. The average molecular weight is 453 g/mol. The largest absolute Gasteiger partial charge is 0.488 e. The number of anilines is 1. The summed E-state index contributed by atoms with van der Waals surface area (Å²) in [6.07, 6.45) is 1.65. The second-order valence-electron chi connectivity index (χ2n) is 6.76. The minimum atomic E-state index is -4.05. The molecule has 2 aromatic rings. The Hall–Kier alpha value is -2.46. The Morgan fingerprint density at radius 1 is 1.13 bits per heavy atom. The molecule has 10 heteroatoms. The number of morpholine rings is 1. The topological polar surface area (TPSA) is 84.9 Å². The summed E-state index contributed by atoms with van der Waals surface area (Å²) in [6, 6.07) is 8.52. The molecule has 0 aliphatic carbocycles. The number of carbonyl (C=O) groups excluding carboxylic acids is 1. The molecule has 2 aromatic carbocycles. The van der Waals surface area contributed by atoms with Gasteiger partial charge in [0.15, 0.2) is 0 Å². The number of ether oxygens (including phenoxy) is 2. The summed E-state index contributed by atoms with van der Waals surface area (Å²) in [5, 5.41) is 3.11. The molecular formula is C20H18ClFN2O5S. The van der Waals surface area contributed by atoms with Crippen LogP contribution in [0.3, 0.4) is 0 Å². The Labute approximate surface area is 178 Å². The van der Waals surface area contributed by atoms with Crippen molar-refractivity contribution in [3.8, 4) is 5.75 Å². The van der Waals surface area contributed by atoms with E-state index in [1.54, 1.807) is 24.3 Å². The van der Waals surface area contributed by atoms with Gasteiger partial charge in [-0.15, -0.1) is 0 Å². The standard InChI is InChI=1S/C20H18ClFN2O5S/c21-15-1-4-18-13(10-15)9-14(12-29-18)20(25)23-16-2-3-17(22)19(11-16)30(26,27)24-5-7-28-8-6-24/h1-4,9-11H,5-8,12H2,(H,23,25). The van der Waals surface area contributed by atoms with Gasteiger partial charge in [-0.3, -0.25) is 4.79 Å². The fourth-order valence-electron chi connectivity index (χ4n) is 3.20. The van der Waals surface area contributed by atoms with E-state index in [1.807, 2.05) is 0 Å². The quantitative estimate of drug-likeness (QED) is 0.771. The highest BCUT2D eigenvalue weighted by molar-refractivity contribution is 7.89. The van der Waals surface area contributed by atoms with Gasteiger partial charge in [0.1, 0.15) is 23.1 Å². The molecule has 2 heterocycles. The van der Waals surface area contributed by atoms with Crippen LogP contribution in [0.4, 0.5) is 10.1 Å². The highest BCUT2D eigenvalue weighted by Crippen LogP contribution is 2.30. The van der Waals surface area contributed by atoms with Gasteiger partial charge in [0.25, 0.3) is 5.91 Å². The molecule has 0 bridgehead atoms. The van der Waals surface area contributed by atoms with Gasteiger partial charge in [0, 0.05) is 29.4 Å². The second kappa shape index (κ2) is 8.35. The Morgan fingerprint density at radius 2 is 1.90 bits per heavy atom. The van der Waals surface area contributed by atoms with Crippen molar-refractivity contribution in [2.24, 2.45) is 0 Å². The molecule has 0 saturated carbocycles. The van der Waals surface area contributed by atoms with E-state index < -0.39 is 26.6 Å². The number of hydrogen-bond donors (Lipinski definition) is 1. The Bertz CT molecular complexity index is 1130.